The van der Waals surface area contributed by atoms with Crippen LogP contribution < -0.4 is 16.6 Å². The van der Waals surface area contributed by atoms with Crippen LogP contribution >= 0.6 is 0 Å². The van der Waals surface area contributed by atoms with Gasteiger partial charge in [-0.25, -0.2) is 18.7 Å². The van der Waals surface area contributed by atoms with E-state index >= 15 is 0 Å². The summed E-state index contributed by atoms with van der Waals surface area (Å²) in [7, 11) is 0. The van der Waals surface area contributed by atoms with Crippen molar-refractivity contribution in [2.24, 2.45) is 10.7 Å². The number of nitrogens with zero attached hydrogens (tertiary/aromatic N) is 4. The fraction of sp³-hybridized carbons (Fsp3) is 0.0952. The number of aromatic amines is 1. The van der Waals surface area contributed by atoms with Gasteiger partial charge in [-0.05, 0) is 12.1 Å². The highest BCUT2D eigenvalue weighted by Crippen LogP contribution is 2.15. The highest BCUT2D eigenvalue weighted by Gasteiger charge is 2.13. The van der Waals surface area contributed by atoms with Gasteiger partial charge in [0, 0.05) is 17.7 Å². The smallest absolute Gasteiger partial charge is 0.280 e. The van der Waals surface area contributed by atoms with Gasteiger partial charge in [-0.1, -0.05) is 23.4 Å². The number of halogens is 2. The molecule has 1 aromatic carbocycles. The summed E-state index contributed by atoms with van der Waals surface area (Å²) in [5, 5.41) is 8.69. The van der Waals surface area contributed by atoms with Crippen LogP contribution in [0.15, 0.2) is 73.8 Å². The Bertz CT molecular complexity index is 1360. The number of nitrogens with one attached hydrogen (secondary N) is 2. The second-order valence-corrected chi connectivity index (χ2v) is 6.70. The molecule has 168 valence electrons. The molecule has 10 nitrogen and oxygen atoms in total. The number of allylic oxidation sites excluding steroid dienone is 1. The molecule has 0 aliphatic carbocycles. The lowest BCUT2D eigenvalue weighted by molar-refractivity contribution is 0.383. The van der Waals surface area contributed by atoms with Crippen LogP contribution in [0.25, 0.3) is 5.70 Å². The predicted molar refractivity (Wildman–Crippen MR) is 114 cm³/mol. The first-order valence-electron chi connectivity index (χ1n) is 9.59. The van der Waals surface area contributed by atoms with Crippen molar-refractivity contribution in [3.63, 3.8) is 0 Å². The number of hydrogen-bond donors (Lipinski definition) is 3. The Kier molecular flexibility index (Phi) is 6.34. The number of nitrogens with two attached hydrogens (primary N) is 1. The van der Waals surface area contributed by atoms with Crippen molar-refractivity contribution < 1.29 is 17.8 Å². The number of H-pyrrole nitrogens is 1. The fourth-order valence-corrected chi connectivity index (χ4v) is 2.76. The Balaban J connectivity index is 1.59. The van der Waals surface area contributed by atoms with Crippen molar-refractivity contribution in [3.8, 4) is 0 Å². The van der Waals surface area contributed by atoms with Gasteiger partial charge in [0.1, 0.15) is 17.8 Å². The molecule has 0 saturated heterocycles. The largest absolute Gasteiger partial charge is 0.396 e. The molecule has 0 aliphatic rings. The third-order valence-electron chi connectivity index (χ3n) is 4.38. The zero-order chi connectivity index (χ0) is 23.2. The van der Waals surface area contributed by atoms with Gasteiger partial charge in [0.15, 0.2) is 23.2 Å². The average Bonchev–Trinajstić information content (AvgIpc) is 3.49. The molecule has 0 bridgehead atoms. The van der Waals surface area contributed by atoms with E-state index in [4.69, 9.17) is 14.8 Å². The summed E-state index contributed by atoms with van der Waals surface area (Å²) in [5.74, 6) is -0.998. The molecule has 4 aromatic rings. The fourth-order valence-electron chi connectivity index (χ4n) is 2.76. The standard InChI is InChI=1S/C21H17F2N7O3/c22-14-4-2-1-3-12(14)9-25-18(17-5-6-32-29-17)8-16(24)21-27-11-15(23)20(28-21)26-10-13-7-19(31)30-33-13/h1-8,11H,9-10,24H2,(H,30,31)(H,26,27,28). The minimum Gasteiger partial charge on any atom is -0.396 e. The lowest BCUT2D eigenvalue weighted by atomic mass is 10.2. The molecular weight excluding hydrogens is 436 g/mol. The van der Waals surface area contributed by atoms with Gasteiger partial charge < -0.3 is 20.1 Å². The second kappa shape index (κ2) is 9.68. The lowest BCUT2D eigenvalue weighted by Gasteiger charge is -2.07. The van der Waals surface area contributed by atoms with Gasteiger partial charge >= 0.3 is 0 Å². The summed E-state index contributed by atoms with van der Waals surface area (Å²) in [6.07, 6.45) is 3.74. The van der Waals surface area contributed by atoms with Gasteiger partial charge in [0.2, 0.25) is 0 Å². The van der Waals surface area contributed by atoms with Crippen molar-refractivity contribution in [2.75, 3.05) is 5.32 Å². The normalized spacial score (nSPS) is 12.2. The maximum absolute atomic E-state index is 14.1. The third-order valence-corrected chi connectivity index (χ3v) is 4.38. The Morgan fingerprint density at radius 3 is 2.82 bits per heavy atom. The van der Waals surface area contributed by atoms with E-state index in [0.29, 0.717) is 17.0 Å². The van der Waals surface area contributed by atoms with Gasteiger partial charge in [-0.3, -0.25) is 9.79 Å². The lowest BCUT2D eigenvalue weighted by Crippen LogP contribution is -2.11. The first-order valence-corrected chi connectivity index (χ1v) is 9.59. The molecule has 0 saturated carbocycles. The van der Waals surface area contributed by atoms with Crippen molar-refractivity contribution in [1.29, 1.82) is 0 Å². The highest BCUT2D eigenvalue weighted by atomic mass is 19.1. The average molecular weight is 453 g/mol. The molecular formula is C21H17F2N7O3. The molecule has 3 aromatic heterocycles. The monoisotopic (exact) mass is 453 g/mol. The Hall–Kier alpha value is -4.61. The summed E-state index contributed by atoms with van der Waals surface area (Å²) in [4.78, 5) is 23.5. The van der Waals surface area contributed by atoms with Gasteiger partial charge in [0.05, 0.1) is 30.7 Å². The molecule has 0 amide bonds. The number of benzene rings is 1. The predicted octanol–water partition coefficient (Wildman–Crippen LogP) is 2.63. The molecule has 33 heavy (non-hydrogen) atoms. The van der Waals surface area contributed by atoms with Crippen LogP contribution in [0.3, 0.4) is 0 Å². The maximum Gasteiger partial charge on any atom is 0.280 e. The SMILES string of the molecule is NC(=CC(=NCc1ccccc1F)c1ccon1)c1ncc(F)c(NCc2cc(=O)[nH]o2)n1. The van der Waals surface area contributed by atoms with Crippen LogP contribution in [0.5, 0.6) is 0 Å². The molecule has 3 heterocycles. The molecule has 0 spiro atoms. The highest BCUT2D eigenvalue weighted by molar-refractivity contribution is 6.10. The van der Waals surface area contributed by atoms with E-state index in [0.717, 1.165) is 6.20 Å². The topological polar surface area (TPSA) is 148 Å². The van der Waals surface area contributed by atoms with Crippen LogP contribution in [0.1, 0.15) is 22.8 Å². The van der Waals surface area contributed by atoms with E-state index in [1.165, 1.54) is 24.5 Å². The summed E-state index contributed by atoms with van der Waals surface area (Å²) in [6, 6.07) is 9.02. The molecule has 0 aliphatic heterocycles. The zero-order valence-electron chi connectivity index (χ0n) is 17.0. The molecule has 4 N–H and O–H groups in total. The molecule has 12 heteroatoms. The van der Waals surface area contributed by atoms with Crippen molar-refractivity contribution in [1.82, 2.24) is 20.3 Å². The zero-order valence-corrected chi connectivity index (χ0v) is 17.0. The molecule has 0 radical (unpaired) electrons. The van der Waals surface area contributed by atoms with Crippen molar-refractivity contribution in [3.05, 3.63) is 99.8 Å². The molecule has 0 unspecified atom stereocenters. The van der Waals surface area contributed by atoms with E-state index in [9.17, 15) is 13.6 Å². The second-order valence-electron chi connectivity index (χ2n) is 6.70. The van der Waals surface area contributed by atoms with E-state index in [-0.39, 0.29) is 36.2 Å². The minimum atomic E-state index is -0.727. The van der Waals surface area contributed by atoms with Gasteiger partial charge in [0.25, 0.3) is 5.56 Å². The molecule has 0 atom stereocenters. The third kappa shape index (κ3) is 5.36. The summed E-state index contributed by atoms with van der Waals surface area (Å²) in [5.41, 5.74) is 6.81. The van der Waals surface area contributed by atoms with E-state index < -0.39 is 17.2 Å². The van der Waals surface area contributed by atoms with E-state index in [2.05, 4.69) is 30.6 Å². The summed E-state index contributed by atoms with van der Waals surface area (Å²) < 4.78 is 37.9. The van der Waals surface area contributed by atoms with Crippen LogP contribution in [0.2, 0.25) is 0 Å². The number of aromatic nitrogens is 4. The first-order chi connectivity index (χ1) is 16.0. The van der Waals surface area contributed by atoms with Gasteiger partial charge in [-0.15, -0.1) is 0 Å². The van der Waals surface area contributed by atoms with Crippen molar-refractivity contribution in [2.45, 2.75) is 13.1 Å². The van der Waals surface area contributed by atoms with Crippen LogP contribution in [0.4, 0.5) is 14.6 Å². The van der Waals surface area contributed by atoms with Crippen LogP contribution in [-0.4, -0.2) is 26.0 Å². The summed E-state index contributed by atoms with van der Waals surface area (Å²) in [6.45, 7) is 0.0294. The molecule has 4 rings (SSSR count). The Labute approximate surface area is 184 Å². The van der Waals surface area contributed by atoms with Crippen molar-refractivity contribution >= 4 is 17.2 Å². The number of hydrogen-bond acceptors (Lipinski definition) is 9. The van der Waals surface area contributed by atoms with Crippen LogP contribution in [0, 0.1) is 11.6 Å². The number of anilines is 1. The first kappa shape index (κ1) is 21.6. The quantitative estimate of drug-likeness (QED) is 0.345. The van der Waals surface area contributed by atoms with E-state index in [1.54, 1.807) is 24.3 Å². The number of aliphatic imine (C=N–C) groups is 1. The molecule has 0 fully saturated rings. The number of rotatable bonds is 8. The van der Waals surface area contributed by atoms with Crippen LogP contribution in [-0.2, 0) is 13.1 Å². The Morgan fingerprint density at radius 1 is 1.24 bits per heavy atom. The maximum atomic E-state index is 14.1. The van der Waals surface area contributed by atoms with E-state index in [1.807, 2.05) is 0 Å². The minimum absolute atomic E-state index is 0.00399. The van der Waals surface area contributed by atoms with Gasteiger partial charge in [-0.2, -0.15) is 5.16 Å². The summed E-state index contributed by atoms with van der Waals surface area (Å²) >= 11 is 0. The Morgan fingerprint density at radius 2 is 2.09 bits per heavy atom.